The molecule has 2 N–H and O–H groups in total. The van der Waals surface area contributed by atoms with Gasteiger partial charge in [0.05, 0.1) is 6.10 Å². The van der Waals surface area contributed by atoms with Crippen molar-refractivity contribution in [2.45, 2.75) is 58.1 Å². The number of aryl methyl sites for hydroxylation is 1. The topological polar surface area (TPSA) is 35.2 Å². The van der Waals surface area contributed by atoms with E-state index in [1.165, 1.54) is 31.2 Å². The average molecular weight is 233 g/mol. The van der Waals surface area contributed by atoms with Crippen LogP contribution < -0.4 is 10.5 Å². The van der Waals surface area contributed by atoms with Gasteiger partial charge in [0, 0.05) is 11.1 Å². The first-order valence-electron chi connectivity index (χ1n) is 6.54. The fourth-order valence-corrected chi connectivity index (χ4v) is 2.75. The van der Waals surface area contributed by atoms with Gasteiger partial charge in [0.15, 0.2) is 0 Å². The molecule has 0 radical (unpaired) electrons. The van der Waals surface area contributed by atoms with E-state index < -0.39 is 0 Å². The van der Waals surface area contributed by atoms with Gasteiger partial charge in [-0.25, -0.2) is 0 Å². The molecule has 2 nitrogen and oxygen atoms in total. The van der Waals surface area contributed by atoms with Crippen molar-refractivity contribution in [3.8, 4) is 5.75 Å². The molecule has 0 aliphatic heterocycles. The summed E-state index contributed by atoms with van der Waals surface area (Å²) in [5, 5.41) is 0. The predicted molar refractivity (Wildman–Crippen MR) is 71.3 cm³/mol. The Morgan fingerprint density at radius 1 is 1.24 bits per heavy atom. The molecule has 0 amide bonds. The van der Waals surface area contributed by atoms with Crippen LogP contribution >= 0.6 is 0 Å². The largest absolute Gasteiger partial charge is 0.490 e. The van der Waals surface area contributed by atoms with E-state index in [9.17, 15) is 0 Å². The average Bonchev–Trinajstić information content (AvgIpc) is 2.68. The lowest BCUT2D eigenvalue weighted by atomic mass is 9.90. The molecule has 0 bridgehead atoms. The molecule has 2 heteroatoms. The number of ether oxygens (including phenoxy) is 1. The van der Waals surface area contributed by atoms with Crippen molar-refractivity contribution in [3.05, 3.63) is 29.3 Å². The molecule has 1 aliphatic rings. The molecular weight excluding hydrogens is 210 g/mol. The van der Waals surface area contributed by atoms with E-state index in [0.717, 1.165) is 11.3 Å². The van der Waals surface area contributed by atoms with Gasteiger partial charge < -0.3 is 10.5 Å². The predicted octanol–water partition coefficient (Wildman–Crippen LogP) is 3.51. The monoisotopic (exact) mass is 233 g/mol. The fourth-order valence-electron chi connectivity index (χ4n) is 2.75. The molecule has 1 saturated carbocycles. The summed E-state index contributed by atoms with van der Waals surface area (Å²) in [5.74, 6) is 0.976. The van der Waals surface area contributed by atoms with Crippen molar-refractivity contribution in [2.24, 2.45) is 5.73 Å². The summed E-state index contributed by atoms with van der Waals surface area (Å²) in [4.78, 5) is 0. The molecule has 94 valence electrons. The highest BCUT2D eigenvalue weighted by atomic mass is 16.5. The molecule has 0 atom stereocenters. The molecule has 1 aromatic carbocycles. The van der Waals surface area contributed by atoms with Crippen LogP contribution in [-0.2, 0) is 5.54 Å². The zero-order valence-corrected chi connectivity index (χ0v) is 11.1. The van der Waals surface area contributed by atoms with Crippen LogP contribution in [0.3, 0.4) is 0 Å². The zero-order chi connectivity index (χ0) is 12.5. The van der Waals surface area contributed by atoms with Crippen LogP contribution in [0.1, 0.15) is 50.7 Å². The highest BCUT2D eigenvalue weighted by Gasteiger charge is 2.24. The van der Waals surface area contributed by atoms with Gasteiger partial charge in [-0.2, -0.15) is 0 Å². The Morgan fingerprint density at radius 3 is 2.47 bits per heavy atom. The van der Waals surface area contributed by atoms with E-state index in [1.807, 2.05) is 13.8 Å². The Bertz CT molecular complexity index is 386. The first-order valence-corrected chi connectivity index (χ1v) is 6.54. The molecule has 0 saturated heterocycles. The van der Waals surface area contributed by atoms with Crippen molar-refractivity contribution in [3.63, 3.8) is 0 Å². The summed E-state index contributed by atoms with van der Waals surface area (Å²) in [6.45, 7) is 6.18. The van der Waals surface area contributed by atoms with Crippen molar-refractivity contribution in [2.75, 3.05) is 0 Å². The molecular formula is C15H23NO. The Kier molecular flexibility index (Phi) is 3.43. The van der Waals surface area contributed by atoms with Crippen molar-refractivity contribution in [1.82, 2.24) is 0 Å². The quantitative estimate of drug-likeness (QED) is 0.867. The zero-order valence-electron chi connectivity index (χ0n) is 11.1. The minimum atomic E-state index is -0.348. The highest BCUT2D eigenvalue weighted by molar-refractivity contribution is 5.44. The Balaban J connectivity index is 2.29. The van der Waals surface area contributed by atoms with E-state index in [2.05, 4.69) is 25.1 Å². The van der Waals surface area contributed by atoms with Gasteiger partial charge in [0.25, 0.3) is 0 Å². The van der Waals surface area contributed by atoms with Crippen LogP contribution in [0.4, 0.5) is 0 Å². The van der Waals surface area contributed by atoms with E-state index in [4.69, 9.17) is 10.5 Å². The third-order valence-electron chi connectivity index (χ3n) is 3.47. The van der Waals surface area contributed by atoms with E-state index >= 15 is 0 Å². The first kappa shape index (κ1) is 12.4. The normalized spacial score (nSPS) is 17.4. The number of rotatable bonds is 3. The number of hydrogen-bond donors (Lipinski definition) is 1. The van der Waals surface area contributed by atoms with E-state index in [0.29, 0.717) is 6.10 Å². The van der Waals surface area contributed by atoms with E-state index in [1.54, 1.807) is 0 Å². The smallest absolute Gasteiger partial charge is 0.125 e. The number of benzene rings is 1. The molecule has 0 aromatic heterocycles. The molecule has 1 aromatic rings. The van der Waals surface area contributed by atoms with Gasteiger partial charge in [-0.15, -0.1) is 0 Å². The Labute approximate surface area is 104 Å². The third kappa shape index (κ3) is 2.81. The van der Waals surface area contributed by atoms with Gasteiger partial charge >= 0.3 is 0 Å². The SMILES string of the molecule is Cc1cccc(OC2CCCC2)c1C(C)(C)N. The second kappa shape index (κ2) is 4.69. The Hall–Kier alpha value is -1.02. The summed E-state index contributed by atoms with van der Waals surface area (Å²) in [6.07, 6.45) is 5.32. The summed E-state index contributed by atoms with van der Waals surface area (Å²) >= 11 is 0. The third-order valence-corrected chi connectivity index (χ3v) is 3.47. The molecule has 0 spiro atoms. The number of hydrogen-bond acceptors (Lipinski definition) is 2. The van der Waals surface area contributed by atoms with Crippen LogP contribution in [0, 0.1) is 6.92 Å². The van der Waals surface area contributed by atoms with Gasteiger partial charge in [-0.05, 0) is 58.1 Å². The standard InChI is InChI=1S/C15H23NO/c1-11-7-6-10-13(14(11)15(2,3)16)17-12-8-4-5-9-12/h6-7,10,12H,4-5,8-9,16H2,1-3H3. The lowest BCUT2D eigenvalue weighted by molar-refractivity contribution is 0.204. The molecule has 2 rings (SSSR count). The van der Waals surface area contributed by atoms with Gasteiger partial charge in [0.1, 0.15) is 5.75 Å². The van der Waals surface area contributed by atoms with Crippen LogP contribution in [0.15, 0.2) is 18.2 Å². The fraction of sp³-hybridized carbons (Fsp3) is 0.600. The lowest BCUT2D eigenvalue weighted by Gasteiger charge is -2.26. The summed E-state index contributed by atoms with van der Waals surface area (Å²) in [7, 11) is 0. The van der Waals surface area contributed by atoms with Crippen LogP contribution in [0.25, 0.3) is 0 Å². The van der Waals surface area contributed by atoms with Crippen LogP contribution in [0.2, 0.25) is 0 Å². The maximum atomic E-state index is 6.25. The first-order chi connectivity index (χ1) is 7.98. The minimum absolute atomic E-state index is 0.348. The molecule has 1 fully saturated rings. The van der Waals surface area contributed by atoms with Crippen molar-refractivity contribution < 1.29 is 4.74 Å². The summed E-state index contributed by atoms with van der Waals surface area (Å²) < 4.78 is 6.13. The van der Waals surface area contributed by atoms with Gasteiger partial charge in [-0.1, -0.05) is 12.1 Å². The summed E-state index contributed by atoms with van der Waals surface area (Å²) in [6, 6.07) is 6.20. The molecule has 17 heavy (non-hydrogen) atoms. The van der Waals surface area contributed by atoms with Crippen molar-refractivity contribution >= 4 is 0 Å². The van der Waals surface area contributed by atoms with Gasteiger partial charge in [0.2, 0.25) is 0 Å². The molecule has 1 aliphatic carbocycles. The summed E-state index contributed by atoms with van der Waals surface area (Å²) in [5.41, 5.74) is 8.27. The molecule has 0 heterocycles. The van der Waals surface area contributed by atoms with Crippen LogP contribution in [0.5, 0.6) is 5.75 Å². The highest BCUT2D eigenvalue weighted by Crippen LogP contribution is 2.33. The van der Waals surface area contributed by atoms with Crippen molar-refractivity contribution in [1.29, 1.82) is 0 Å². The van der Waals surface area contributed by atoms with E-state index in [-0.39, 0.29) is 5.54 Å². The molecule has 0 unspecified atom stereocenters. The maximum absolute atomic E-state index is 6.25. The number of nitrogens with two attached hydrogens (primary N) is 1. The second-order valence-corrected chi connectivity index (χ2v) is 5.69. The lowest BCUT2D eigenvalue weighted by Crippen LogP contribution is -2.31. The van der Waals surface area contributed by atoms with Crippen LogP contribution in [-0.4, -0.2) is 6.10 Å². The minimum Gasteiger partial charge on any atom is -0.490 e. The maximum Gasteiger partial charge on any atom is 0.125 e. The Morgan fingerprint density at radius 2 is 1.88 bits per heavy atom. The van der Waals surface area contributed by atoms with Gasteiger partial charge in [-0.3, -0.25) is 0 Å². The second-order valence-electron chi connectivity index (χ2n) is 5.69.